The molecule has 2 N–H and O–H groups in total. The van der Waals surface area contributed by atoms with Crippen LogP contribution in [0.5, 0.6) is 0 Å². The van der Waals surface area contributed by atoms with Gasteiger partial charge in [0, 0.05) is 19.5 Å². The van der Waals surface area contributed by atoms with E-state index < -0.39 is 21.9 Å². The molecule has 0 unspecified atom stereocenters. The third-order valence-electron chi connectivity index (χ3n) is 3.45. The Balaban J connectivity index is 2.24. The smallest absolute Gasteiger partial charge is 0.308 e. The van der Waals surface area contributed by atoms with E-state index in [4.69, 9.17) is 5.11 Å². The molecule has 1 aliphatic heterocycles. The Hall–Kier alpha value is -1.41. The number of H-pyrrole nitrogens is 1. The molecule has 1 saturated heterocycles. The van der Waals surface area contributed by atoms with Crippen LogP contribution in [0.1, 0.15) is 19.7 Å². The van der Waals surface area contributed by atoms with Crippen molar-refractivity contribution in [3.8, 4) is 0 Å². The minimum atomic E-state index is -3.68. The van der Waals surface area contributed by atoms with Crippen LogP contribution in [0.4, 0.5) is 0 Å². The third kappa shape index (κ3) is 2.50. The second-order valence-corrected chi connectivity index (χ2v) is 6.70. The molecule has 1 aromatic heterocycles. The molecule has 2 atom stereocenters. The van der Waals surface area contributed by atoms with E-state index in [-0.39, 0.29) is 24.0 Å². The summed E-state index contributed by atoms with van der Waals surface area (Å²) < 4.78 is 25.9. The highest BCUT2D eigenvalue weighted by molar-refractivity contribution is 7.89. The number of sulfonamides is 1. The van der Waals surface area contributed by atoms with Gasteiger partial charge in [-0.05, 0) is 5.92 Å². The van der Waals surface area contributed by atoms with E-state index in [1.54, 1.807) is 6.92 Å². The number of nitrogens with one attached hydrogen (secondary N) is 1. The Morgan fingerprint density at radius 1 is 1.58 bits per heavy atom. The van der Waals surface area contributed by atoms with E-state index in [9.17, 15) is 13.2 Å². The molecule has 0 aliphatic carbocycles. The number of nitrogens with zero attached hydrogens (tertiary/aromatic N) is 2. The average molecular weight is 287 g/mol. The number of carbonyl (C=O) groups is 1. The largest absolute Gasteiger partial charge is 0.481 e. The van der Waals surface area contributed by atoms with Crippen LogP contribution in [0.2, 0.25) is 0 Å². The van der Waals surface area contributed by atoms with E-state index in [1.807, 2.05) is 6.92 Å². The molecule has 1 fully saturated rings. The molecular weight excluding hydrogens is 270 g/mol. The minimum absolute atomic E-state index is 0.0132. The van der Waals surface area contributed by atoms with Crippen LogP contribution in [0.15, 0.2) is 11.2 Å². The van der Waals surface area contributed by atoms with Crippen LogP contribution < -0.4 is 0 Å². The molecular formula is C11H17N3O4S. The second-order valence-electron chi connectivity index (χ2n) is 4.79. The third-order valence-corrected chi connectivity index (χ3v) is 5.20. The molecule has 7 nitrogen and oxygen atoms in total. The van der Waals surface area contributed by atoms with E-state index >= 15 is 0 Å². The zero-order valence-electron chi connectivity index (χ0n) is 10.8. The molecule has 0 spiro atoms. The van der Waals surface area contributed by atoms with Gasteiger partial charge in [0.1, 0.15) is 5.82 Å². The minimum Gasteiger partial charge on any atom is -0.481 e. The first kappa shape index (κ1) is 14.0. The quantitative estimate of drug-likeness (QED) is 0.829. The first-order valence-electron chi connectivity index (χ1n) is 6.13. The van der Waals surface area contributed by atoms with Gasteiger partial charge in [0.15, 0.2) is 5.03 Å². The van der Waals surface area contributed by atoms with Crippen molar-refractivity contribution in [1.82, 2.24) is 14.3 Å². The Morgan fingerprint density at radius 3 is 2.74 bits per heavy atom. The van der Waals surface area contributed by atoms with E-state index in [1.165, 1.54) is 10.5 Å². The fourth-order valence-electron chi connectivity index (χ4n) is 2.23. The number of carboxylic acid groups (broad SMARTS) is 1. The molecule has 0 saturated carbocycles. The van der Waals surface area contributed by atoms with Crippen LogP contribution in [-0.4, -0.2) is 46.9 Å². The number of aliphatic carboxylic acids is 1. The van der Waals surface area contributed by atoms with Crippen LogP contribution in [0.3, 0.4) is 0 Å². The molecule has 8 heteroatoms. The summed E-state index contributed by atoms with van der Waals surface area (Å²) in [7, 11) is -3.68. The van der Waals surface area contributed by atoms with Crippen molar-refractivity contribution < 1.29 is 18.3 Å². The van der Waals surface area contributed by atoms with Gasteiger partial charge < -0.3 is 10.1 Å². The number of carboxylic acids is 1. The first-order chi connectivity index (χ1) is 8.86. The zero-order valence-corrected chi connectivity index (χ0v) is 11.6. The van der Waals surface area contributed by atoms with Crippen LogP contribution in [-0.2, 0) is 21.2 Å². The molecule has 19 heavy (non-hydrogen) atoms. The molecule has 0 radical (unpaired) electrons. The van der Waals surface area contributed by atoms with Gasteiger partial charge in [-0.1, -0.05) is 13.8 Å². The predicted octanol–water partition coefficient (Wildman–Crippen LogP) is 0.313. The fraction of sp³-hybridized carbons (Fsp3) is 0.636. The summed E-state index contributed by atoms with van der Waals surface area (Å²) in [5.41, 5.74) is 0. The van der Waals surface area contributed by atoms with Crippen LogP contribution in [0.25, 0.3) is 0 Å². The SMILES string of the molecule is CCc1ncc(S(=O)(=O)N2C[C@@H](C)[C@H](C(=O)O)C2)[nH]1. The second kappa shape index (κ2) is 4.93. The maximum absolute atomic E-state index is 12.3. The van der Waals surface area contributed by atoms with Gasteiger partial charge >= 0.3 is 5.97 Å². The Bertz CT molecular complexity index is 581. The number of hydrogen-bond acceptors (Lipinski definition) is 4. The molecule has 1 aromatic rings. The molecule has 0 amide bonds. The van der Waals surface area contributed by atoms with Gasteiger partial charge in [0.2, 0.25) is 0 Å². The van der Waals surface area contributed by atoms with Crippen molar-refractivity contribution >= 4 is 16.0 Å². The number of rotatable bonds is 4. The number of hydrogen-bond donors (Lipinski definition) is 2. The number of aromatic nitrogens is 2. The highest BCUT2D eigenvalue weighted by Gasteiger charge is 2.41. The van der Waals surface area contributed by atoms with Gasteiger partial charge in [-0.2, -0.15) is 4.31 Å². The number of aryl methyl sites for hydroxylation is 1. The lowest BCUT2D eigenvalue weighted by Gasteiger charge is -2.14. The van der Waals surface area contributed by atoms with Crippen molar-refractivity contribution in [2.24, 2.45) is 11.8 Å². The molecule has 1 aliphatic rings. The van der Waals surface area contributed by atoms with Crippen molar-refractivity contribution in [1.29, 1.82) is 0 Å². The number of imidazole rings is 1. The van der Waals surface area contributed by atoms with Gasteiger partial charge in [-0.3, -0.25) is 4.79 Å². The average Bonchev–Trinajstić information content (AvgIpc) is 2.95. The van der Waals surface area contributed by atoms with Crippen molar-refractivity contribution in [3.05, 3.63) is 12.0 Å². The Labute approximate surface area is 111 Å². The van der Waals surface area contributed by atoms with E-state index in [2.05, 4.69) is 9.97 Å². The maximum Gasteiger partial charge on any atom is 0.308 e. The van der Waals surface area contributed by atoms with Gasteiger partial charge in [0.05, 0.1) is 12.1 Å². The van der Waals surface area contributed by atoms with Crippen molar-refractivity contribution in [2.75, 3.05) is 13.1 Å². The fourth-order valence-corrected chi connectivity index (χ4v) is 3.73. The lowest BCUT2D eigenvalue weighted by Crippen LogP contribution is -2.30. The monoisotopic (exact) mass is 287 g/mol. The van der Waals surface area contributed by atoms with E-state index in [0.717, 1.165) is 0 Å². The highest BCUT2D eigenvalue weighted by Crippen LogP contribution is 2.28. The Kier molecular flexibility index (Phi) is 3.64. The zero-order chi connectivity index (χ0) is 14.2. The van der Waals surface area contributed by atoms with Gasteiger partial charge in [-0.15, -0.1) is 0 Å². The normalized spacial score (nSPS) is 24.7. The summed E-state index contributed by atoms with van der Waals surface area (Å²) in [5, 5.41) is 9.07. The molecule has 0 bridgehead atoms. The molecule has 106 valence electrons. The Morgan fingerprint density at radius 2 is 2.26 bits per heavy atom. The van der Waals surface area contributed by atoms with Crippen molar-refractivity contribution in [3.63, 3.8) is 0 Å². The standard InChI is InChI=1S/C11H17N3O4S/c1-3-9-12-4-10(13-9)19(17,18)14-5-7(2)8(6-14)11(15)16/h4,7-8H,3,5-6H2,1-2H3,(H,12,13)(H,15,16)/t7-,8-/m1/s1. The summed E-state index contributed by atoms with van der Waals surface area (Å²) in [4.78, 5) is 17.7. The summed E-state index contributed by atoms with van der Waals surface area (Å²) in [6.07, 6.45) is 1.90. The van der Waals surface area contributed by atoms with Gasteiger partial charge in [0.25, 0.3) is 10.0 Å². The molecule has 2 rings (SSSR count). The van der Waals surface area contributed by atoms with E-state index in [0.29, 0.717) is 12.2 Å². The summed E-state index contributed by atoms with van der Waals surface area (Å²) >= 11 is 0. The van der Waals surface area contributed by atoms with Crippen LogP contribution >= 0.6 is 0 Å². The van der Waals surface area contributed by atoms with Crippen LogP contribution in [0, 0.1) is 11.8 Å². The summed E-state index contributed by atoms with van der Waals surface area (Å²) in [6.45, 7) is 3.85. The lowest BCUT2D eigenvalue weighted by atomic mass is 9.99. The summed E-state index contributed by atoms with van der Waals surface area (Å²) in [5.74, 6) is -1.20. The van der Waals surface area contributed by atoms with Crippen molar-refractivity contribution in [2.45, 2.75) is 25.3 Å². The van der Waals surface area contributed by atoms with Gasteiger partial charge in [-0.25, -0.2) is 13.4 Å². The molecule has 2 heterocycles. The number of aromatic amines is 1. The molecule has 0 aromatic carbocycles. The highest BCUT2D eigenvalue weighted by atomic mass is 32.2. The predicted molar refractivity (Wildman–Crippen MR) is 67.0 cm³/mol. The topological polar surface area (TPSA) is 103 Å². The first-order valence-corrected chi connectivity index (χ1v) is 7.57. The summed E-state index contributed by atoms with van der Waals surface area (Å²) in [6, 6.07) is 0. The maximum atomic E-state index is 12.3. The lowest BCUT2D eigenvalue weighted by molar-refractivity contribution is -0.142.